The van der Waals surface area contributed by atoms with E-state index in [1.807, 2.05) is 42.5 Å². The van der Waals surface area contributed by atoms with Gasteiger partial charge in [-0.25, -0.2) is 0 Å². The van der Waals surface area contributed by atoms with Crippen LogP contribution in [0.15, 0.2) is 59.1 Å². The number of aryl methyl sites for hydroxylation is 1. The molecule has 4 rings (SSSR count). The summed E-state index contributed by atoms with van der Waals surface area (Å²) in [7, 11) is 0. The summed E-state index contributed by atoms with van der Waals surface area (Å²) in [5, 5.41) is 4.03. The number of aromatic nitrogens is 1. The van der Waals surface area contributed by atoms with E-state index in [9.17, 15) is 0 Å². The Morgan fingerprint density at radius 1 is 1.04 bits per heavy atom. The Labute approximate surface area is 134 Å². The van der Waals surface area contributed by atoms with Crippen molar-refractivity contribution < 1.29 is 9.26 Å². The second-order valence-corrected chi connectivity index (χ2v) is 5.90. The Bertz CT molecular complexity index is 811. The lowest BCUT2D eigenvalue weighted by atomic mass is 9.83. The molecule has 1 aliphatic carbocycles. The topological polar surface area (TPSA) is 61.3 Å². The fraction of sp³-hybridized carbons (Fsp3) is 0.211. The molecule has 0 aliphatic heterocycles. The summed E-state index contributed by atoms with van der Waals surface area (Å²) in [5.74, 6) is 2.58. The lowest BCUT2D eigenvalue weighted by Gasteiger charge is -2.22. The van der Waals surface area contributed by atoms with Gasteiger partial charge in [-0.2, -0.15) is 0 Å². The fourth-order valence-corrected chi connectivity index (χ4v) is 3.17. The number of benzene rings is 2. The van der Waals surface area contributed by atoms with E-state index in [-0.39, 0.29) is 0 Å². The van der Waals surface area contributed by atoms with Crippen LogP contribution in [0.1, 0.15) is 29.2 Å². The van der Waals surface area contributed by atoms with Crippen LogP contribution in [-0.4, -0.2) is 5.16 Å². The van der Waals surface area contributed by atoms with Gasteiger partial charge in [-0.3, -0.25) is 0 Å². The molecular formula is C19H18N2O2. The van der Waals surface area contributed by atoms with Crippen molar-refractivity contribution in [1.82, 2.24) is 5.16 Å². The van der Waals surface area contributed by atoms with Crippen LogP contribution in [0.2, 0.25) is 0 Å². The number of rotatable bonds is 3. The molecule has 1 aliphatic rings. The van der Waals surface area contributed by atoms with Crippen molar-refractivity contribution in [2.75, 3.05) is 5.73 Å². The minimum atomic E-state index is 0.420. The molecule has 4 nitrogen and oxygen atoms in total. The lowest BCUT2D eigenvalue weighted by Crippen LogP contribution is -2.13. The van der Waals surface area contributed by atoms with Crippen LogP contribution < -0.4 is 10.5 Å². The predicted molar refractivity (Wildman–Crippen MR) is 88.6 cm³/mol. The molecule has 2 aromatic carbocycles. The predicted octanol–water partition coefficient (Wildman–Crippen LogP) is 4.32. The van der Waals surface area contributed by atoms with Gasteiger partial charge in [0.15, 0.2) is 0 Å². The zero-order valence-electron chi connectivity index (χ0n) is 12.7. The smallest absolute Gasteiger partial charge is 0.225 e. The van der Waals surface area contributed by atoms with Gasteiger partial charge in [0.2, 0.25) is 5.88 Å². The Kier molecular flexibility index (Phi) is 3.50. The molecule has 3 aromatic rings. The highest BCUT2D eigenvalue weighted by molar-refractivity contribution is 5.43. The van der Waals surface area contributed by atoms with Crippen molar-refractivity contribution in [1.29, 1.82) is 0 Å². The number of nitrogens with two attached hydrogens (primary N) is 1. The van der Waals surface area contributed by atoms with Crippen molar-refractivity contribution in [2.24, 2.45) is 0 Å². The molecule has 0 bridgehead atoms. The molecule has 23 heavy (non-hydrogen) atoms. The molecule has 0 spiro atoms. The number of fused-ring (bicyclic) bond motifs is 1. The van der Waals surface area contributed by atoms with Crippen molar-refractivity contribution in [3.05, 3.63) is 71.4 Å². The number of ether oxygens (including phenoxy) is 1. The van der Waals surface area contributed by atoms with E-state index in [4.69, 9.17) is 15.0 Å². The first-order chi connectivity index (χ1) is 11.3. The van der Waals surface area contributed by atoms with Crippen molar-refractivity contribution >= 4 is 5.88 Å². The van der Waals surface area contributed by atoms with Crippen LogP contribution >= 0.6 is 0 Å². The maximum absolute atomic E-state index is 5.93. The normalized spacial score (nSPS) is 16.8. The molecule has 0 saturated carbocycles. The Morgan fingerprint density at radius 2 is 1.87 bits per heavy atom. The van der Waals surface area contributed by atoms with Gasteiger partial charge in [-0.15, -0.1) is 0 Å². The molecule has 1 unspecified atom stereocenters. The van der Waals surface area contributed by atoms with Crippen LogP contribution in [0, 0.1) is 0 Å². The minimum absolute atomic E-state index is 0.420. The Balaban J connectivity index is 1.56. The number of nitrogens with zero attached hydrogens (tertiary/aromatic N) is 1. The third-order valence-electron chi connectivity index (χ3n) is 4.39. The number of anilines is 1. The summed E-state index contributed by atoms with van der Waals surface area (Å²) < 4.78 is 11.0. The fourth-order valence-electron chi connectivity index (χ4n) is 3.17. The second-order valence-electron chi connectivity index (χ2n) is 5.90. The van der Waals surface area contributed by atoms with Crippen LogP contribution in [0.5, 0.6) is 11.5 Å². The zero-order valence-corrected chi connectivity index (χ0v) is 12.7. The van der Waals surface area contributed by atoms with Crippen molar-refractivity contribution in [3.63, 3.8) is 0 Å². The quantitative estimate of drug-likeness (QED) is 0.782. The third kappa shape index (κ3) is 2.80. The van der Waals surface area contributed by atoms with E-state index in [1.165, 1.54) is 5.56 Å². The average molecular weight is 306 g/mol. The summed E-state index contributed by atoms with van der Waals surface area (Å²) in [4.78, 5) is 0. The van der Waals surface area contributed by atoms with E-state index < -0.39 is 0 Å². The molecule has 1 aromatic heterocycles. The van der Waals surface area contributed by atoms with E-state index in [1.54, 1.807) is 0 Å². The second kappa shape index (κ2) is 5.80. The van der Waals surface area contributed by atoms with Gasteiger partial charge in [0.25, 0.3) is 0 Å². The number of para-hydroxylation sites is 1. The maximum Gasteiger partial charge on any atom is 0.225 e. The molecule has 1 heterocycles. The lowest BCUT2D eigenvalue weighted by molar-refractivity contribution is 0.426. The summed E-state index contributed by atoms with van der Waals surface area (Å²) in [6.07, 6.45) is 2.83. The number of nitrogen functional groups attached to an aromatic ring is 1. The third-order valence-corrected chi connectivity index (χ3v) is 4.39. The average Bonchev–Trinajstić information content (AvgIpc) is 2.97. The highest BCUT2D eigenvalue weighted by atomic mass is 16.5. The van der Waals surface area contributed by atoms with Gasteiger partial charge in [0.05, 0.1) is 5.69 Å². The van der Waals surface area contributed by atoms with E-state index in [0.29, 0.717) is 11.8 Å². The number of hydrogen-bond acceptors (Lipinski definition) is 4. The molecule has 116 valence electrons. The Hall–Kier alpha value is -2.75. The molecule has 0 saturated heterocycles. The van der Waals surface area contributed by atoms with E-state index in [2.05, 4.69) is 17.3 Å². The first kappa shape index (κ1) is 13.9. The largest absolute Gasteiger partial charge is 0.457 e. The molecule has 0 radical (unpaired) electrons. The zero-order chi connectivity index (χ0) is 15.6. The van der Waals surface area contributed by atoms with Crippen LogP contribution in [0.3, 0.4) is 0 Å². The monoisotopic (exact) mass is 306 g/mol. The van der Waals surface area contributed by atoms with Gasteiger partial charge in [-0.1, -0.05) is 35.5 Å². The minimum Gasteiger partial charge on any atom is -0.457 e. The van der Waals surface area contributed by atoms with Gasteiger partial charge in [-0.05, 0) is 55.0 Å². The van der Waals surface area contributed by atoms with Crippen LogP contribution in [0.4, 0.5) is 5.88 Å². The van der Waals surface area contributed by atoms with Gasteiger partial charge >= 0.3 is 0 Å². The van der Waals surface area contributed by atoms with Crippen LogP contribution in [-0.2, 0) is 12.8 Å². The summed E-state index contributed by atoms with van der Waals surface area (Å²) in [6.45, 7) is 0. The standard InChI is InChI=1S/C19H18N2O2/c20-19-17-12-14(9-10-18(17)21-23-19)13-5-4-8-16(11-13)22-15-6-2-1-3-7-15/h1-8,11,14H,9-10,12,20H2. The van der Waals surface area contributed by atoms with Gasteiger partial charge in [0.1, 0.15) is 11.5 Å². The maximum atomic E-state index is 5.93. The molecule has 2 N–H and O–H groups in total. The van der Waals surface area contributed by atoms with E-state index >= 15 is 0 Å². The summed E-state index contributed by atoms with van der Waals surface area (Å²) >= 11 is 0. The SMILES string of the molecule is Nc1onc2c1CC(c1cccc(Oc3ccccc3)c1)CC2. The van der Waals surface area contributed by atoms with Crippen molar-refractivity contribution in [3.8, 4) is 11.5 Å². The summed E-state index contributed by atoms with van der Waals surface area (Å²) in [5.41, 5.74) is 9.22. The van der Waals surface area contributed by atoms with Crippen molar-refractivity contribution in [2.45, 2.75) is 25.2 Å². The van der Waals surface area contributed by atoms with E-state index in [0.717, 1.165) is 42.0 Å². The molecule has 0 fully saturated rings. The van der Waals surface area contributed by atoms with Gasteiger partial charge < -0.3 is 15.0 Å². The molecule has 1 atom stereocenters. The molecule has 0 amide bonds. The first-order valence-electron chi connectivity index (χ1n) is 7.85. The molecular weight excluding hydrogens is 288 g/mol. The first-order valence-corrected chi connectivity index (χ1v) is 7.85. The van der Waals surface area contributed by atoms with Crippen LogP contribution in [0.25, 0.3) is 0 Å². The van der Waals surface area contributed by atoms with Gasteiger partial charge in [0, 0.05) is 5.56 Å². The molecule has 4 heteroatoms. The highest BCUT2D eigenvalue weighted by Gasteiger charge is 2.25. The summed E-state index contributed by atoms with van der Waals surface area (Å²) in [6, 6.07) is 18.1. The Morgan fingerprint density at radius 3 is 2.74 bits per heavy atom. The highest BCUT2D eigenvalue weighted by Crippen LogP contribution is 2.36. The number of hydrogen-bond donors (Lipinski definition) is 1.